The van der Waals surface area contributed by atoms with Gasteiger partial charge in [-0.3, -0.25) is 4.79 Å². The van der Waals surface area contributed by atoms with E-state index in [0.717, 1.165) is 0 Å². The van der Waals surface area contributed by atoms with E-state index in [-0.39, 0.29) is 29.6 Å². The van der Waals surface area contributed by atoms with Gasteiger partial charge in [-0.1, -0.05) is 18.2 Å². The molecule has 0 atom stereocenters. The second kappa shape index (κ2) is 5.98. The highest BCUT2D eigenvalue weighted by molar-refractivity contribution is 7.89. The van der Waals surface area contributed by atoms with Gasteiger partial charge in [0, 0.05) is 6.54 Å². The van der Waals surface area contributed by atoms with Crippen LogP contribution in [-0.4, -0.2) is 21.2 Å². The maximum Gasteiger partial charge on any atom is 0.273 e. The van der Waals surface area contributed by atoms with Crippen LogP contribution in [0.1, 0.15) is 16.1 Å². The second-order valence-electron chi connectivity index (χ2n) is 4.01. The number of hydrogen-bond donors (Lipinski definition) is 1. The van der Waals surface area contributed by atoms with Crippen molar-refractivity contribution in [2.45, 2.75) is 11.5 Å². The summed E-state index contributed by atoms with van der Waals surface area (Å²) in [5.41, 5.74) is 0.420. The first kappa shape index (κ1) is 14.4. The highest BCUT2D eigenvalue weighted by atomic mass is 32.2. The molecule has 0 amide bonds. The number of aldehydes is 1. The van der Waals surface area contributed by atoms with E-state index in [1.165, 1.54) is 18.2 Å². The number of rotatable bonds is 6. The van der Waals surface area contributed by atoms with Crippen LogP contribution in [0.5, 0.6) is 0 Å². The van der Waals surface area contributed by atoms with E-state index in [0.29, 0.717) is 11.8 Å². The number of hydrogen-bond acceptors (Lipinski definition) is 4. The van der Waals surface area contributed by atoms with Crippen LogP contribution in [0.25, 0.3) is 0 Å². The van der Waals surface area contributed by atoms with Crippen LogP contribution in [0, 0.1) is 5.82 Å². The number of benzene rings is 1. The Morgan fingerprint density at radius 2 is 1.95 bits per heavy atom. The zero-order chi connectivity index (χ0) is 14.6. The first-order valence-electron chi connectivity index (χ1n) is 5.81. The molecule has 2 rings (SSSR count). The minimum atomic E-state index is -3.83. The number of halogens is 1. The molecule has 1 heterocycles. The van der Waals surface area contributed by atoms with Gasteiger partial charge in [0.05, 0.1) is 0 Å². The van der Waals surface area contributed by atoms with Crippen LogP contribution in [-0.2, 0) is 16.4 Å². The van der Waals surface area contributed by atoms with E-state index in [1.54, 1.807) is 18.2 Å². The average Bonchev–Trinajstić information content (AvgIpc) is 2.90. The van der Waals surface area contributed by atoms with E-state index >= 15 is 0 Å². The van der Waals surface area contributed by atoms with E-state index < -0.39 is 10.0 Å². The fraction of sp³-hybridized carbons (Fsp3) is 0.154. The first-order chi connectivity index (χ1) is 9.53. The summed E-state index contributed by atoms with van der Waals surface area (Å²) in [6.45, 7) is 0.0282. The van der Waals surface area contributed by atoms with Crippen molar-refractivity contribution in [2.75, 3.05) is 6.54 Å². The number of carbonyl (C=O) groups is 1. The third-order valence-electron chi connectivity index (χ3n) is 2.63. The molecule has 106 valence electrons. The number of furan rings is 1. The van der Waals surface area contributed by atoms with Crippen molar-refractivity contribution in [3.8, 4) is 0 Å². The Balaban J connectivity index is 1.99. The lowest BCUT2D eigenvalue weighted by Gasteiger charge is -2.05. The zero-order valence-corrected chi connectivity index (χ0v) is 11.2. The van der Waals surface area contributed by atoms with Crippen molar-refractivity contribution >= 4 is 16.3 Å². The van der Waals surface area contributed by atoms with Crippen LogP contribution in [0.4, 0.5) is 4.39 Å². The summed E-state index contributed by atoms with van der Waals surface area (Å²) in [5.74, 6) is -0.451. The van der Waals surface area contributed by atoms with Crippen molar-refractivity contribution < 1.29 is 22.0 Å². The molecule has 0 aliphatic rings. The Kier molecular flexibility index (Phi) is 4.31. The Morgan fingerprint density at radius 1 is 1.20 bits per heavy atom. The number of carbonyl (C=O) groups excluding carboxylic acids is 1. The third-order valence-corrected chi connectivity index (χ3v) is 3.96. The number of sulfonamides is 1. The molecule has 0 aliphatic carbocycles. The molecule has 0 unspecified atom stereocenters. The fourth-order valence-electron chi connectivity index (χ4n) is 1.63. The Hall–Kier alpha value is -1.99. The van der Waals surface area contributed by atoms with Crippen LogP contribution >= 0.6 is 0 Å². The largest absolute Gasteiger partial charge is 0.440 e. The van der Waals surface area contributed by atoms with E-state index in [2.05, 4.69) is 4.72 Å². The molecule has 7 heteroatoms. The van der Waals surface area contributed by atoms with Crippen molar-refractivity contribution in [3.63, 3.8) is 0 Å². The molecular formula is C13H12FNO4S. The molecule has 0 spiro atoms. The normalized spacial score (nSPS) is 11.4. The minimum Gasteiger partial charge on any atom is -0.440 e. The molecule has 0 saturated heterocycles. The first-order valence-corrected chi connectivity index (χ1v) is 7.29. The topological polar surface area (TPSA) is 76.4 Å². The SMILES string of the molecule is O=Cc1ccc(S(=O)(=O)NCCc2ccccc2F)o1. The van der Waals surface area contributed by atoms with Gasteiger partial charge in [-0.25, -0.2) is 17.5 Å². The lowest BCUT2D eigenvalue weighted by molar-refractivity contribution is 0.109. The Bertz CT molecular complexity index is 709. The smallest absolute Gasteiger partial charge is 0.273 e. The Labute approximate surface area is 115 Å². The predicted molar refractivity (Wildman–Crippen MR) is 69.4 cm³/mol. The summed E-state index contributed by atoms with van der Waals surface area (Å²) in [5, 5.41) is -0.340. The summed E-state index contributed by atoms with van der Waals surface area (Å²) in [6, 6.07) is 8.59. The van der Waals surface area contributed by atoms with Gasteiger partial charge in [-0.05, 0) is 30.2 Å². The molecule has 0 bridgehead atoms. The van der Waals surface area contributed by atoms with Crippen molar-refractivity contribution in [1.82, 2.24) is 4.72 Å². The average molecular weight is 297 g/mol. The summed E-state index contributed by atoms with van der Waals surface area (Å²) >= 11 is 0. The number of nitrogens with one attached hydrogen (secondary N) is 1. The van der Waals surface area contributed by atoms with Crippen molar-refractivity contribution in [3.05, 3.63) is 53.5 Å². The summed E-state index contributed by atoms with van der Waals surface area (Å²) in [7, 11) is -3.83. The van der Waals surface area contributed by atoms with Gasteiger partial charge >= 0.3 is 0 Å². The predicted octanol–water partition coefficient (Wildman–Crippen LogP) is 1.75. The molecule has 5 nitrogen and oxygen atoms in total. The zero-order valence-electron chi connectivity index (χ0n) is 10.4. The van der Waals surface area contributed by atoms with Gasteiger partial charge < -0.3 is 4.42 Å². The fourth-order valence-corrected chi connectivity index (χ4v) is 2.60. The quantitative estimate of drug-likeness (QED) is 0.824. The molecule has 0 fully saturated rings. The monoisotopic (exact) mass is 297 g/mol. The van der Waals surface area contributed by atoms with Gasteiger partial charge in [0.2, 0.25) is 5.09 Å². The molecule has 0 radical (unpaired) electrons. The second-order valence-corrected chi connectivity index (χ2v) is 5.71. The molecule has 0 saturated carbocycles. The van der Waals surface area contributed by atoms with Crippen molar-refractivity contribution in [2.24, 2.45) is 0 Å². The summed E-state index contributed by atoms with van der Waals surface area (Å²) in [6.07, 6.45) is 0.630. The third kappa shape index (κ3) is 3.31. The van der Waals surface area contributed by atoms with Gasteiger partial charge in [0.1, 0.15) is 5.82 Å². The van der Waals surface area contributed by atoms with Crippen molar-refractivity contribution in [1.29, 1.82) is 0 Å². The highest BCUT2D eigenvalue weighted by Crippen LogP contribution is 2.12. The van der Waals surface area contributed by atoms with Gasteiger partial charge in [-0.15, -0.1) is 0 Å². The summed E-state index contributed by atoms with van der Waals surface area (Å²) < 4.78 is 44.1. The van der Waals surface area contributed by atoms with Crippen LogP contribution in [0.15, 0.2) is 45.9 Å². The van der Waals surface area contributed by atoms with E-state index in [9.17, 15) is 17.6 Å². The molecule has 1 aromatic heterocycles. The maximum atomic E-state index is 13.3. The van der Waals surface area contributed by atoms with E-state index in [1.807, 2.05) is 0 Å². The van der Waals surface area contributed by atoms with E-state index in [4.69, 9.17) is 4.42 Å². The Morgan fingerprint density at radius 3 is 2.60 bits per heavy atom. The van der Waals surface area contributed by atoms with Gasteiger partial charge in [0.15, 0.2) is 12.0 Å². The molecule has 2 aromatic rings. The standard InChI is InChI=1S/C13H12FNO4S/c14-12-4-2-1-3-10(12)7-8-15-20(17,18)13-6-5-11(9-16)19-13/h1-6,9,15H,7-8H2. The molecule has 0 aliphatic heterocycles. The maximum absolute atomic E-state index is 13.3. The molecule has 1 N–H and O–H groups in total. The van der Waals surface area contributed by atoms with Gasteiger partial charge in [0.25, 0.3) is 10.0 Å². The minimum absolute atomic E-state index is 0.0282. The highest BCUT2D eigenvalue weighted by Gasteiger charge is 2.18. The molecule has 20 heavy (non-hydrogen) atoms. The summed E-state index contributed by atoms with van der Waals surface area (Å²) in [4.78, 5) is 10.4. The van der Waals surface area contributed by atoms with Crippen LogP contribution < -0.4 is 4.72 Å². The molecular weight excluding hydrogens is 285 g/mol. The lowest BCUT2D eigenvalue weighted by atomic mass is 10.1. The molecule has 1 aromatic carbocycles. The lowest BCUT2D eigenvalue weighted by Crippen LogP contribution is -2.25. The van der Waals surface area contributed by atoms with Gasteiger partial charge in [-0.2, -0.15) is 0 Å². The van der Waals surface area contributed by atoms with Crippen LogP contribution in [0.3, 0.4) is 0 Å². The van der Waals surface area contributed by atoms with Crippen LogP contribution in [0.2, 0.25) is 0 Å².